The van der Waals surface area contributed by atoms with Gasteiger partial charge in [0.15, 0.2) is 6.61 Å². The molecular weight excluding hydrogens is 341 g/mol. The molecule has 0 saturated carbocycles. The number of thiophene rings is 1. The minimum absolute atomic E-state index is 0.0899. The number of rotatable bonds is 4. The lowest BCUT2D eigenvalue weighted by Gasteiger charge is -2.06. The molecule has 0 fully saturated rings. The molecule has 1 amide bonds. The van der Waals surface area contributed by atoms with Crippen molar-refractivity contribution in [2.75, 3.05) is 11.9 Å². The summed E-state index contributed by atoms with van der Waals surface area (Å²) in [6.45, 7) is -0.406. The van der Waals surface area contributed by atoms with Crippen molar-refractivity contribution in [2.45, 2.75) is 19.3 Å². The van der Waals surface area contributed by atoms with Crippen LogP contribution in [0.4, 0.5) is 10.1 Å². The van der Waals surface area contributed by atoms with Crippen LogP contribution < -0.4 is 5.32 Å². The van der Waals surface area contributed by atoms with Crippen molar-refractivity contribution < 1.29 is 18.7 Å². The van der Waals surface area contributed by atoms with Crippen molar-refractivity contribution >= 4 is 40.5 Å². The first-order chi connectivity index (χ1) is 11.0. The van der Waals surface area contributed by atoms with Crippen LogP contribution in [0.5, 0.6) is 0 Å². The number of fused-ring (bicyclic) bond motifs is 1. The average Bonchev–Trinajstić information content (AvgIpc) is 3.10. The van der Waals surface area contributed by atoms with Gasteiger partial charge < -0.3 is 10.1 Å². The first kappa shape index (κ1) is 16.0. The van der Waals surface area contributed by atoms with Gasteiger partial charge in [0.05, 0.1) is 5.02 Å². The Labute approximate surface area is 141 Å². The second kappa shape index (κ2) is 6.68. The van der Waals surface area contributed by atoms with Gasteiger partial charge in [-0.15, -0.1) is 11.3 Å². The number of ether oxygens (including phenoxy) is 1. The fourth-order valence-corrected chi connectivity index (χ4v) is 3.73. The van der Waals surface area contributed by atoms with E-state index in [-0.39, 0.29) is 5.02 Å². The summed E-state index contributed by atoms with van der Waals surface area (Å²) in [6.07, 6.45) is 3.11. The maximum atomic E-state index is 13.0. The highest BCUT2D eigenvalue weighted by atomic mass is 35.5. The van der Waals surface area contributed by atoms with E-state index in [9.17, 15) is 14.0 Å². The standard InChI is InChI=1S/C16H13ClFNO3S/c17-11-7-10(4-5-12(11)18)19-15(20)8-22-16(21)14-6-9-2-1-3-13(9)23-14/h4-7H,1-3,8H2,(H,19,20). The zero-order valence-electron chi connectivity index (χ0n) is 12.0. The normalized spacial score (nSPS) is 12.8. The summed E-state index contributed by atoms with van der Waals surface area (Å²) in [5, 5.41) is 2.40. The Morgan fingerprint density at radius 3 is 2.87 bits per heavy atom. The zero-order chi connectivity index (χ0) is 16.4. The molecule has 120 valence electrons. The molecule has 0 unspecified atom stereocenters. The molecule has 7 heteroatoms. The van der Waals surface area contributed by atoms with Gasteiger partial charge in [-0.3, -0.25) is 4.79 Å². The number of anilines is 1. The third-order valence-corrected chi connectivity index (χ3v) is 4.99. The first-order valence-electron chi connectivity index (χ1n) is 7.06. The van der Waals surface area contributed by atoms with Crippen LogP contribution in [0, 0.1) is 5.82 Å². The number of nitrogens with one attached hydrogen (secondary N) is 1. The molecule has 0 aliphatic heterocycles. The number of carbonyl (C=O) groups is 2. The van der Waals surface area contributed by atoms with E-state index < -0.39 is 24.3 Å². The number of esters is 1. The topological polar surface area (TPSA) is 55.4 Å². The van der Waals surface area contributed by atoms with Gasteiger partial charge in [-0.25, -0.2) is 9.18 Å². The van der Waals surface area contributed by atoms with E-state index in [1.54, 1.807) is 0 Å². The summed E-state index contributed by atoms with van der Waals surface area (Å²) in [6, 6.07) is 5.66. The molecule has 0 saturated heterocycles. The van der Waals surface area contributed by atoms with E-state index in [0.717, 1.165) is 25.3 Å². The summed E-state index contributed by atoms with van der Waals surface area (Å²) in [5.41, 5.74) is 1.54. The molecule has 1 aromatic carbocycles. The molecule has 1 heterocycles. The molecular formula is C16H13ClFNO3S. The van der Waals surface area contributed by atoms with Crippen molar-refractivity contribution in [1.29, 1.82) is 0 Å². The largest absolute Gasteiger partial charge is 0.451 e. The van der Waals surface area contributed by atoms with Crippen LogP contribution in [0.1, 0.15) is 26.5 Å². The summed E-state index contributed by atoms with van der Waals surface area (Å²) in [4.78, 5) is 25.5. The van der Waals surface area contributed by atoms with E-state index in [0.29, 0.717) is 10.6 Å². The molecule has 0 spiro atoms. The van der Waals surface area contributed by atoms with E-state index >= 15 is 0 Å². The minimum atomic E-state index is -0.568. The number of halogens is 2. The molecule has 4 nitrogen and oxygen atoms in total. The van der Waals surface area contributed by atoms with E-state index in [4.69, 9.17) is 16.3 Å². The van der Waals surface area contributed by atoms with Crippen LogP contribution in [0.25, 0.3) is 0 Å². The van der Waals surface area contributed by atoms with Crippen LogP contribution in [0.3, 0.4) is 0 Å². The number of aryl methyl sites for hydroxylation is 2. The van der Waals surface area contributed by atoms with Crippen LogP contribution in [0.2, 0.25) is 5.02 Å². The van der Waals surface area contributed by atoms with Crippen molar-refractivity contribution in [1.82, 2.24) is 0 Å². The van der Waals surface area contributed by atoms with Gasteiger partial charge in [-0.2, -0.15) is 0 Å². The maximum absolute atomic E-state index is 13.0. The van der Waals surface area contributed by atoms with E-state index in [1.807, 2.05) is 6.07 Å². The molecule has 2 aromatic rings. The van der Waals surface area contributed by atoms with Gasteiger partial charge in [-0.1, -0.05) is 11.6 Å². The maximum Gasteiger partial charge on any atom is 0.348 e. The molecule has 1 aliphatic carbocycles. The molecule has 23 heavy (non-hydrogen) atoms. The number of hydrogen-bond donors (Lipinski definition) is 1. The van der Waals surface area contributed by atoms with Crippen molar-refractivity contribution in [3.05, 3.63) is 50.4 Å². The van der Waals surface area contributed by atoms with Gasteiger partial charge in [0.1, 0.15) is 10.7 Å². The number of benzene rings is 1. The number of amides is 1. The Morgan fingerprint density at radius 2 is 2.13 bits per heavy atom. The third kappa shape index (κ3) is 3.71. The highest BCUT2D eigenvalue weighted by molar-refractivity contribution is 7.14. The summed E-state index contributed by atoms with van der Waals surface area (Å²) in [7, 11) is 0. The Kier molecular flexibility index (Phi) is 4.63. The smallest absolute Gasteiger partial charge is 0.348 e. The Hall–Kier alpha value is -1.92. The molecule has 0 atom stereocenters. The van der Waals surface area contributed by atoms with Crippen LogP contribution in [-0.4, -0.2) is 18.5 Å². The first-order valence-corrected chi connectivity index (χ1v) is 8.26. The minimum Gasteiger partial charge on any atom is -0.451 e. The second-order valence-electron chi connectivity index (χ2n) is 5.17. The molecule has 0 radical (unpaired) electrons. The van der Waals surface area contributed by atoms with Gasteiger partial charge >= 0.3 is 5.97 Å². The van der Waals surface area contributed by atoms with Gasteiger partial charge in [-0.05, 0) is 49.1 Å². The molecule has 1 aromatic heterocycles. The van der Waals surface area contributed by atoms with Crippen molar-refractivity contribution in [3.63, 3.8) is 0 Å². The predicted molar refractivity (Wildman–Crippen MR) is 86.7 cm³/mol. The summed E-state index contributed by atoms with van der Waals surface area (Å²) < 4.78 is 18.0. The lowest BCUT2D eigenvalue weighted by Crippen LogP contribution is -2.20. The molecule has 1 N–H and O–H groups in total. The third-order valence-electron chi connectivity index (χ3n) is 3.49. The highest BCUT2D eigenvalue weighted by Crippen LogP contribution is 2.30. The fraction of sp³-hybridized carbons (Fsp3) is 0.250. The van der Waals surface area contributed by atoms with Gasteiger partial charge in [0, 0.05) is 10.6 Å². The summed E-state index contributed by atoms with van der Waals surface area (Å²) in [5.74, 6) is -1.58. The van der Waals surface area contributed by atoms with Crippen molar-refractivity contribution in [3.8, 4) is 0 Å². The molecule has 1 aliphatic rings. The predicted octanol–water partition coefficient (Wildman–Crippen LogP) is 3.82. The van der Waals surface area contributed by atoms with Crippen LogP contribution in [0.15, 0.2) is 24.3 Å². The fourth-order valence-electron chi connectivity index (χ4n) is 2.40. The van der Waals surface area contributed by atoms with E-state index in [1.165, 1.54) is 33.9 Å². The number of carbonyl (C=O) groups excluding carboxylic acids is 2. The van der Waals surface area contributed by atoms with Crippen LogP contribution >= 0.6 is 22.9 Å². The van der Waals surface area contributed by atoms with E-state index in [2.05, 4.69) is 5.32 Å². The lowest BCUT2D eigenvalue weighted by atomic mass is 10.2. The zero-order valence-corrected chi connectivity index (χ0v) is 13.6. The quantitative estimate of drug-likeness (QED) is 0.850. The van der Waals surface area contributed by atoms with Crippen molar-refractivity contribution in [2.24, 2.45) is 0 Å². The van der Waals surface area contributed by atoms with Gasteiger partial charge in [0.25, 0.3) is 5.91 Å². The number of hydrogen-bond acceptors (Lipinski definition) is 4. The Balaban J connectivity index is 1.53. The SMILES string of the molecule is O=C(COC(=O)c1cc2c(s1)CCC2)Nc1ccc(F)c(Cl)c1. The lowest BCUT2D eigenvalue weighted by molar-refractivity contribution is -0.119. The van der Waals surface area contributed by atoms with Gasteiger partial charge in [0.2, 0.25) is 0 Å². The molecule has 3 rings (SSSR count). The second-order valence-corrected chi connectivity index (χ2v) is 6.71. The monoisotopic (exact) mass is 353 g/mol. The average molecular weight is 354 g/mol. The van der Waals surface area contributed by atoms with Crippen LogP contribution in [-0.2, 0) is 22.4 Å². The summed E-state index contributed by atoms with van der Waals surface area (Å²) >= 11 is 7.05. The highest BCUT2D eigenvalue weighted by Gasteiger charge is 2.20. The Morgan fingerprint density at radius 1 is 1.30 bits per heavy atom. The molecule has 0 bridgehead atoms. The Bertz CT molecular complexity index is 753.